The van der Waals surface area contributed by atoms with Gasteiger partial charge in [-0.1, -0.05) is 62.4 Å². The molecule has 1 saturated heterocycles. The highest BCUT2D eigenvalue weighted by Crippen LogP contribution is 2.37. The Labute approximate surface area is 177 Å². The molecule has 2 aromatic rings. The number of likely N-dealkylation sites (N-methyl/N-ethyl adjacent to an activating group) is 1. The molecule has 0 spiro atoms. The number of carbonyl (C=O) groups excluding carboxylic acids is 2. The van der Waals surface area contributed by atoms with E-state index in [-0.39, 0.29) is 29.9 Å². The molecule has 1 fully saturated rings. The molecule has 2 aliphatic rings. The topological polar surface area (TPSA) is 62.2 Å². The first kappa shape index (κ1) is 20.1. The number of aliphatic imine (C=N–C) groups is 1. The second-order valence-electron chi connectivity index (χ2n) is 8.27. The normalized spacial score (nSPS) is 26.2. The highest BCUT2D eigenvalue weighted by Gasteiger charge is 2.50. The summed E-state index contributed by atoms with van der Waals surface area (Å²) in [6.45, 7) is 5.97. The molecule has 4 rings (SSSR count). The Kier molecular flexibility index (Phi) is 5.33. The van der Waals surface area contributed by atoms with E-state index in [0.29, 0.717) is 5.90 Å². The molecule has 4 atom stereocenters. The number of hydrogen-bond acceptors (Lipinski definition) is 4. The van der Waals surface area contributed by atoms with Crippen LogP contribution in [0.1, 0.15) is 37.9 Å². The van der Waals surface area contributed by atoms with Gasteiger partial charge >= 0.3 is 6.03 Å². The maximum absolute atomic E-state index is 13.7. The van der Waals surface area contributed by atoms with Gasteiger partial charge in [0.05, 0.1) is 12.1 Å². The minimum Gasteiger partial charge on any atom is -0.471 e. The molecule has 3 amide bonds. The second-order valence-corrected chi connectivity index (χ2v) is 8.27. The molecule has 0 unspecified atom stereocenters. The van der Waals surface area contributed by atoms with Crippen LogP contribution < -0.4 is 0 Å². The lowest BCUT2D eigenvalue weighted by Gasteiger charge is -2.28. The molecule has 156 valence electrons. The van der Waals surface area contributed by atoms with Gasteiger partial charge in [-0.2, -0.15) is 0 Å². The monoisotopic (exact) mass is 405 g/mol. The summed E-state index contributed by atoms with van der Waals surface area (Å²) >= 11 is 0. The predicted molar refractivity (Wildman–Crippen MR) is 115 cm³/mol. The quantitative estimate of drug-likeness (QED) is 0.776. The zero-order chi connectivity index (χ0) is 21.4. The van der Waals surface area contributed by atoms with Crippen molar-refractivity contribution in [3.05, 3.63) is 71.8 Å². The number of amides is 3. The molecule has 2 heterocycles. The number of carbonyl (C=O) groups is 2. The minimum absolute atomic E-state index is 0.0620. The Balaban J connectivity index is 1.71. The highest BCUT2D eigenvalue weighted by molar-refractivity contribution is 6.03. The molecule has 0 radical (unpaired) electrons. The van der Waals surface area contributed by atoms with Crippen molar-refractivity contribution < 1.29 is 14.3 Å². The van der Waals surface area contributed by atoms with E-state index in [9.17, 15) is 9.59 Å². The van der Waals surface area contributed by atoms with Gasteiger partial charge in [0.25, 0.3) is 5.91 Å². The number of hydrogen-bond donors (Lipinski definition) is 0. The fraction of sp³-hybridized carbons (Fsp3) is 0.375. The first-order valence-corrected chi connectivity index (χ1v) is 10.3. The average Bonchev–Trinajstić information content (AvgIpc) is 3.31. The first-order valence-electron chi connectivity index (χ1n) is 10.3. The van der Waals surface area contributed by atoms with Gasteiger partial charge < -0.3 is 9.64 Å². The van der Waals surface area contributed by atoms with Crippen LogP contribution in [0.2, 0.25) is 0 Å². The summed E-state index contributed by atoms with van der Waals surface area (Å²) < 4.78 is 6.11. The van der Waals surface area contributed by atoms with Gasteiger partial charge in [-0.05, 0) is 30.5 Å². The Hall–Kier alpha value is -3.15. The van der Waals surface area contributed by atoms with Crippen LogP contribution >= 0.6 is 0 Å². The average molecular weight is 405 g/mol. The van der Waals surface area contributed by atoms with Crippen molar-refractivity contribution in [3.8, 4) is 0 Å². The van der Waals surface area contributed by atoms with Gasteiger partial charge in [0.1, 0.15) is 6.10 Å². The van der Waals surface area contributed by atoms with Crippen LogP contribution in [0, 0.1) is 5.92 Å². The van der Waals surface area contributed by atoms with Crippen LogP contribution in [-0.2, 0) is 9.53 Å². The molecule has 2 aromatic carbocycles. The van der Waals surface area contributed by atoms with Crippen molar-refractivity contribution in [1.82, 2.24) is 9.80 Å². The van der Waals surface area contributed by atoms with Crippen LogP contribution in [-0.4, -0.2) is 52.9 Å². The number of nitrogens with zero attached hydrogens (tertiary/aromatic N) is 3. The van der Waals surface area contributed by atoms with Crippen LogP contribution in [0.3, 0.4) is 0 Å². The van der Waals surface area contributed by atoms with Crippen LogP contribution in [0.4, 0.5) is 4.79 Å². The number of imide groups is 1. The molecular formula is C24H27N3O3. The smallest absolute Gasteiger partial charge is 0.327 e. The van der Waals surface area contributed by atoms with Gasteiger partial charge in [0.15, 0.2) is 6.04 Å². The molecule has 0 N–H and O–H groups in total. The van der Waals surface area contributed by atoms with E-state index in [1.165, 1.54) is 4.90 Å². The Morgan fingerprint density at radius 1 is 1.03 bits per heavy atom. The standard InChI is InChI=1S/C24H27N3O3/c1-15(2)21-19(25-22(30-21)18-13-9-6-10-14-18)23(28)27-20(16(3)26(4)24(27)29)17-11-7-5-8-12-17/h5-16,19-21H,1-4H3/t16-,19-,20-,21+/m1/s1. The van der Waals surface area contributed by atoms with E-state index < -0.39 is 12.1 Å². The predicted octanol–water partition coefficient (Wildman–Crippen LogP) is 3.88. The lowest BCUT2D eigenvalue weighted by Crippen LogP contribution is -2.46. The summed E-state index contributed by atoms with van der Waals surface area (Å²) in [6, 6.07) is 17.7. The minimum atomic E-state index is -0.755. The van der Waals surface area contributed by atoms with Crippen molar-refractivity contribution in [1.29, 1.82) is 0 Å². The van der Waals surface area contributed by atoms with E-state index in [4.69, 9.17) is 4.74 Å². The van der Waals surface area contributed by atoms with Crippen LogP contribution in [0.15, 0.2) is 65.7 Å². The van der Waals surface area contributed by atoms with Gasteiger partial charge in [-0.15, -0.1) is 0 Å². The molecule has 0 aliphatic carbocycles. The number of rotatable bonds is 4. The fourth-order valence-corrected chi connectivity index (χ4v) is 4.19. The number of urea groups is 1. The molecule has 30 heavy (non-hydrogen) atoms. The van der Waals surface area contributed by atoms with Crippen molar-refractivity contribution >= 4 is 17.8 Å². The Morgan fingerprint density at radius 2 is 1.63 bits per heavy atom. The zero-order valence-corrected chi connectivity index (χ0v) is 17.7. The van der Waals surface area contributed by atoms with Gasteiger partial charge in [0.2, 0.25) is 5.90 Å². The third-order valence-corrected chi connectivity index (χ3v) is 5.98. The van der Waals surface area contributed by atoms with E-state index in [0.717, 1.165) is 11.1 Å². The lowest BCUT2D eigenvalue weighted by atomic mass is 9.96. The third kappa shape index (κ3) is 3.36. The third-order valence-electron chi connectivity index (χ3n) is 5.98. The van der Waals surface area contributed by atoms with Crippen molar-refractivity contribution in [2.24, 2.45) is 10.9 Å². The summed E-state index contributed by atoms with van der Waals surface area (Å²) in [6.07, 6.45) is -0.418. The molecular weight excluding hydrogens is 378 g/mol. The van der Waals surface area contributed by atoms with E-state index in [2.05, 4.69) is 4.99 Å². The summed E-state index contributed by atoms with van der Waals surface area (Å²) in [5, 5.41) is 0. The SMILES string of the molecule is CC(C)[C@@H]1OC(c2ccccc2)=N[C@H]1C(=O)N1C(=O)N(C)[C@H](C)[C@@H]1c1ccccc1. The van der Waals surface area contributed by atoms with Gasteiger partial charge in [0, 0.05) is 12.6 Å². The molecule has 0 aromatic heterocycles. The summed E-state index contributed by atoms with van der Waals surface area (Å²) in [5.41, 5.74) is 1.76. The number of ether oxygens (including phenoxy) is 1. The fourth-order valence-electron chi connectivity index (χ4n) is 4.19. The van der Waals surface area contributed by atoms with E-state index in [1.54, 1.807) is 11.9 Å². The van der Waals surface area contributed by atoms with E-state index >= 15 is 0 Å². The second kappa shape index (κ2) is 7.94. The van der Waals surface area contributed by atoms with Crippen molar-refractivity contribution in [2.45, 2.75) is 45.0 Å². The molecule has 2 aliphatic heterocycles. The van der Waals surface area contributed by atoms with Crippen molar-refractivity contribution in [3.63, 3.8) is 0 Å². The highest BCUT2D eigenvalue weighted by atomic mass is 16.5. The van der Waals surface area contributed by atoms with Gasteiger partial charge in [-0.3, -0.25) is 9.69 Å². The first-order chi connectivity index (χ1) is 14.4. The molecule has 0 bridgehead atoms. The van der Waals surface area contributed by atoms with Crippen LogP contribution in [0.5, 0.6) is 0 Å². The molecule has 6 heteroatoms. The number of benzene rings is 2. The molecule has 0 saturated carbocycles. The summed E-state index contributed by atoms with van der Waals surface area (Å²) in [5.74, 6) is 0.207. The lowest BCUT2D eigenvalue weighted by molar-refractivity contribution is -0.132. The Morgan fingerprint density at radius 3 is 2.23 bits per heavy atom. The zero-order valence-electron chi connectivity index (χ0n) is 17.7. The van der Waals surface area contributed by atoms with Gasteiger partial charge in [-0.25, -0.2) is 9.79 Å². The summed E-state index contributed by atoms with van der Waals surface area (Å²) in [4.78, 5) is 34.4. The molecule has 6 nitrogen and oxygen atoms in total. The largest absolute Gasteiger partial charge is 0.471 e. The van der Waals surface area contributed by atoms with E-state index in [1.807, 2.05) is 81.4 Å². The van der Waals surface area contributed by atoms with Crippen molar-refractivity contribution in [2.75, 3.05) is 7.05 Å². The maximum Gasteiger partial charge on any atom is 0.327 e. The Bertz CT molecular complexity index is 958. The summed E-state index contributed by atoms with van der Waals surface area (Å²) in [7, 11) is 1.74. The van der Waals surface area contributed by atoms with Crippen LogP contribution in [0.25, 0.3) is 0 Å². The maximum atomic E-state index is 13.7.